The summed E-state index contributed by atoms with van der Waals surface area (Å²) < 4.78 is 7.00. The van der Waals surface area contributed by atoms with E-state index in [1.54, 1.807) is 18.0 Å². The molecule has 1 atom stereocenters. The molecule has 4 nitrogen and oxygen atoms in total. The van der Waals surface area contributed by atoms with Crippen LogP contribution in [0.4, 0.5) is 0 Å². The van der Waals surface area contributed by atoms with Crippen molar-refractivity contribution in [1.82, 2.24) is 9.78 Å². The predicted octanol–water partition coefficient (Wildman–Crippen LogP) is 3.03. The van der Waals surface area contributed by atoms with Gasteiger partial charge in [-0.15, -0.1) is 0 Å². The van der Waals surface area contributed by atoms with E-state index in [0.717, 1.165) is 28.4 Å². The standard InChI is InChI=1S/C17H16N2O2/c1-21-17-6-5-13-9-14(3-4-15(13)10-17)16(12-20)11-19-8-2-7-18-19/h2-10,12,16H,11H2,1H3. The zero-order valence-corrected chi connectivity index (χ0v) is 11.8. The summed E-state index contributed by atoms with van der Waals surface area (Å²) in [5, 5.41) is 6.35. The number of fused-ring (bicyclic) bond motifs is 1. The molecule has 0 aliphatic carbocycles. The van der Waals surface area contributed by atoms with Crippen molar-refractivity contribution in [3.05, 3.63) is 60.4 Å². The van der Waals surface area contributed by atoms with Crippen LogP contribution in [0.5, 0.6) is 5.75 Å². The van der Waals surface area contributed by atoms with Gasteiger partial charge in [-0.25, -0.2) is 0 Å². The van der Waals surface area contributed by atoms with E-state index in [4.69, 9.17) is 4.74 Å². The summed E-state index contributed by atoms with van der Waals surface area (Å²) >= 11 is 0. The van der Waals surface area contributed by atoms with E-state index in [-0.39, 0.29) is 5.92 Å². The topological polar surface area (TPSA) is 44.1 Å². The maximum absolute atomic E-state index is 11.4. The highest BCUT2D eigenvalue weighted by Gasteiger charge is 2.12. The minimum atomic E-state index is -0.198. The van der Waals surface area contributed by atoms with Gasteiger partial charge >= 0.3 is 0 Å². The normalized spacial score (nSPS) is 12.2. The fourth-order valence-corrected chi connectivity index (χ4v) is 2.44. The zero-order valence-electron chi connectivity index (χ0n) is 11.8. The molecule has 3 rings (SSSR count). The van der Waals surface area contributed by atoms with Gasteiger partial charge in [0.15, 0.2) is 0 Å². The Morgan fingerprint density at radius 3 is 2.76 bits per heavy atom. The van der Waals surface area contributed by atoms with Crippen LogP contribution >= 0.6 is 0 Å². The van der Waals surface area contributed by atoms with E-state index < -0.39 is 0 Å². The summed E-state index contributed by atoms with van der Waals surface area (Å²) in [7, 11) is 1.65. The molecule has 1 heterocycles. The Kier molecular flexibility index (Phi) is 3.69. The number of rotatable bonds is 5. The number of aromatic nitrogens is 2. The zero-order chi connectivity index (χ0) is 14.7. The first-order chi connectivity index (χ1) is 10.3. The molecule has 2 aromatic carbocycles. The van der Waals surface area contributed by atoms with E-state index in [1.807, 2.05) is 42.6 Å². The van der Waals surface area contributed by atoms with Gasteiger partial charge < -0.3 is 9.53 Å². The van der Waals surface area contributed by atoms with Crippen LogP contribution in [0.15, 0.2) is 54.9 Å². The third kappa shape index (κ3) is 2.79. The molecule has 1 aromatic heterocycles. The molecule has 0 bridgehead atoms. The lowest BCUT2D eigenvalue weighted by Gasteiger charge is -2.12. The molecule has 0 spiro atoms. The second kappa shape index (κ2) is 5.79. The number of hydrogen-bond donors (Lipinski definition) is 0. The van der Waals surface area contributed by atoms with Gasteiger partial charge in [-0.1, -0.05) is 24.3 Å². The van der Waals surface area contributed by atoms with Crippen LogP contribution < -0.4 is 4.74 Å². The van der Waals surface area contributed by atoms with Crippen molar-refractivity contribution < 1.29 is 9.53 Å². The smallest absolute Gasteiger partial charge is 0.129 e. The molecule has 106 valence electrons. The van der Waals surface area contributed by atoms with Crippen LogP contribution in [0.3, 0.4) is 0 Å². The van der Waals surface area contributed by atoms with Crippen molar-refractivity contribution in [2.24, 2.45) is 0 Å². The lowest BCUT2D eigenvalue weighted by atomic mass is 9.97. The number of carbonyl (C=O) groups excluding carboxylic acids is 1. The molecule has 1 unspecified atom stereocenters. The molecule has 3 aromatic rings. The number of nitrogens with zero attached hydrogens (tertiary/aromatic N) is 2. The average Bonchev–Trinajstić information content (AvgIpc) is 3.04. The summed E-state index contributed by atoms with van der Waals surface area (Å²) in [5.74, 6) is 0.634. The number of aldehydes is 1. The van der Waals surface area contributed by atoms with Crippen molar-refractivity contribution >= 4 is 17.1 Å². The van der Waals surface area contributed by atoms with Gasteiger partial charge in [0.05, 0.1) is 19.6 Å². The van der Waals surface area contributed by atoms with Gasteiger partial charge in [-0.05, 0) is 34.5 Å². The Balaban J connectivity index is 1.93. The Morgan fingerprint density at radius 1 is 1.24 bits per heavy atom. The van der Waals surface area contributed by atoms with Crippen molar-refractivity contribution in [3.8, 4) is 5.75 Å². The second-order valence-electron chi connectivity index (χ2n) is 4.94. The molecular formula is C17H16N2O2. The summed E-state index contributed by atoms with van der Waals surface area (Å²) in [6.45, 7) is 0.554. The number of ether oxygens (including phenoxy) is 1. The summed E-state index contributed by atoms with van der Waals surface area (Å²) in [5.41, 5.74) is 0.998. The molecule has 0 fully saturated rings. The van der Waals surface area contributed by atoms with Crippen molar-refractivity contribution in [1.29, 1.82) is 0 Å². The van der Waals surface area contributed by atoms with Crippen LogP contribution in [-0.2, 0) is 11.3 Å². The lowest BCUT2D eigenvalue weighted by Crippen LogP contribution is -2.10. The van der Waals surface area contributed by atoms with E-state index in [2.05, 4.69) is 11.2 Å². The molecule has 21 heavy (non-hydrogen) atoms. The van der Waals surface area contributed by atoms with Crippen LogP contribution in [0.1, 0.15) is 11.5 Å². The second-order valence-corrected chi connectivity index (χ2v) is 4.94. The van der Waals surface area contributed by atoms with E-state index in [0.29, 0.717) is 6.54 Å². The van der Waals surface area contributed by atoms with Gasteiger partial charge in [-0.3, -0.25) is 4.68 Å². The Labute approximate surface area is 123 Å². The highest BCUT2D eigenvalue weighted by Crippen LogP contribution is 2.25. The first-order valence-corrected chi connectivity index (χ1v) is 6.80. The molecule has 0 amide bonds. The number of benzene rings is 2. The van der Waals surface area contributed by atoms with Crippen LogP contribution in [0.2, 0.25) is 0 Å². The first kappa shape index (κ1) is 13.4. The van der Waals surface area contributed by atoms with Crippen molar-refractivity contribution in [2.45, 2.75) is 12.5 Å². The van der Waals surface area contributed by atoms with E-state index in [9.17, 15) is 4.79 Å². The summed E-state index contributed by atoms with van der Waals surface area (Å²) in [4.78, 5) is 11.4. The predicted molar refractivity (Wildman–Crippen MR) is 81.5 cm³/mol. The largest absolute Gasteiger partial charge is 0.497 e. The third-order valence-electron chi connectivity index (χ3n) is 3.61. The molecular weight excluding hydrogens is 264 g/mol. The number of carbonyl (C=O) groups is 1. The molecule has 0 saturated carbocycles. The highest BCUT2D eigenvalue weighted by molar-refractivity contribution is 5.85. The van der Waals surface area contributed by atoms with E-state index in [1.165, 1.54) is 0 Å². The average molecular weight is 280 g/mol. The monoisotopic (exact) mass is 280 g/mol. The lowest BCUT2D eigenvalue weighted by molar-refractivity contribution is -0.109. The van der Waals surface area contributed by atoms with Gasteiger partial charge in [-0.2, -0.15) is 5.10 Å². The minimum Gasteiger partial charge on any atom is -0.497 e. The summed E-state index contributed by atoms with van der Waals surface area (Å²) in [6, 6.07) is 13.8. The fraction of sp³-hybridized carbons (Fsp3) is 0.176. The van der Waals surface area contributed by atoms with Crippen LogP contribution in [0.25, 0.3) is 10.8 Å². The Hall–Kier alpha value is -2.62. The SMILES string of the molecule is COc1ccc2cc(C(C=O)Cn3cccn3)ccc2c1. The maximum atomic E-state index is 11.4. The Bertz CT molecular complexity index is 751. The first-order valence-electron chi connectivity index (χ1n) is 6.80. The molecule has 0 aliphatic rings. The van der Waals surface area contributed by atoms with Crippen molar-refractivity contribution in [2.75, 3.05) is 7.11 Å². The molecule has 0 N–H and O–H groups in total. The van der Waals surface area contributed by atoms with Crippen molar-refractivity contribution in [3.63, 3.8) is 0 Å². The van der Waals surface area contributed by atoms with Gasteiger partial charge in [0.1, 0.15) is 12.0 Å². The van der Waals surface area contributed by atoms with Crippen LogP contribution in [0, 0.1) is 0 Å². The molecule has 0 radical (unpaired) electrons. The minimum absolute atomic E-state index is 0.198. The van der Waals surface area contributed by atoms with Crippen LogP contribution in [-0.4, -0.2) is 23.2 Å². The van der Waals surface area contributed by atoms with E-state index >= 15 is 0 Å². The molecule has 0 aliphatic heterocycles. The molecule has 4 heteroatoms. The summed E-state index contributed by atoms with van der Waals surface area (Å²) in [6.07, 6.45) is 4.56. The fourth-order valence-electron chi connectivity index (χ4n) is 2.44. The Morgan fingerprint density at radius 2 is 2.05 bits per heavy atom. The number of methoxy groups -OCH3 is 1. The third-order valence-corrected chi connectivity index (χ3v) is 3.61. The van der Waals surface area contributed by atoms with Gasteiger partial charge in [0.2, 0.25) is 0 Å². The maximum Gasteiger partial charge on any atom is 0.129 e. The molecule has 0 saturated heterocycles. The highest BCUT2D eigenvalue weighted by atomic mass is 16.5. The van der Waals surface area contributed by atoms with Gasteiger partial charge in [0.25, 0.3) is 0 Å². The number of hydrogen-bond acceptors (Lipinski definition) is 3. The quantitative estimate of drug-likeness (QED) is 0.675. The van der Waals surface area contributed by atoms with Gasteiger partial charge in [0, 0.05) is 12.4 Å².